The Morgan fingerprint density at radius 2 is 2.17 bits per heavy atom. The van der Waals surface area contributed by atoms with Crippen LogP contribution >= 0.6 is 0 Å². The van der Waals surface area contributed by atoms with Gasteiger partial charge in [-0.05, 0) is 43.0 Å². The Morgan fingerprint density at radius 1 is 1.28 bits per heavy atom. The third kappa shape index (κ3) is 4.42. The summed E-state index contributed by atoms with van der Waals surface area (Å²) >= 11 is 0. The number of carbonyl (C=O) groups is 2. The van der Waals surface area contributed by atoms with E-state index >= 15 is 0 Å². The molecule has 0 spiro atoms. The van der Waals surface area contributed by atoms with Crippen molar-refractivity contribution in [1.82, 2.24) is 20.0 Å². The number of nitrogens with one attached hydrogen (secondary N) is 1. The highest BCUT2D eigenvalue weighted by Crippen LogP contribution is 2.25. The van der Waals surface area contributed by atoms with Crippen LogP contribution in [0.2, 0.25) is 0 Å². The quantitative estimate of drug-likeness (QED) is 0.823. The van der Waals surface area contributed by atoms with E-state index in [-0.39, 0.29) is 18.4 Å². The lowest BCUT2D eigenvalue weighted by Gasteiger charge is -2.31. The Bertz CT molecular complexity index is 895. The van der Waals surface area contributed by atoms with Crippen molar-refractivity contribution in [3.63, 3.8) is 0 Å². The molecular formula is C21H26N4O4. The van der Waals surface area contributed by atoms with Gasteiger partial charge in [0.25, 0.3) is 11.8 Å². The van der Waals surface area contributed by atoms with Gasteiger partial charge in [0.15, 0.2) is 6.10 Å². The number of rotatable bonds is 5. The van der Waals surface area contributed by atoms with Crippen LogP contribution in [0.3, 0.4) is 0 Å². The summed E-state index contributed by atoms with van der Waals surface area (Å²) in [4.78, 5) is 26.9. The molecule has 1 unspecified atom stereocenters. The number of carbonyl (C=O) groups excluding carboxylic acids is 2. The molecule has 1 N–H and O–H groups in total. The number of fused-ring (bicyclic) bond motifs is 1. The minimum atomic E-state index is -0.679. The molecule has 1 aromatic heterocycles. The number of hydrogen-bond acceptors (Lipinski definition) is 5. The maximum atomic E-state index is 12.7. The normalized spacial score (nSPS) is 18.7. The highest BCUT2D eigenvalue weighted by molar-refractivity contribution is 5.93. The van der Waals surface area contributed by atoms with Crippen molar-refractivity contribution in [3.05, 3.63) is 47.3 Å². The minimum Gasteiger partial charge on any atom is -0.493 e. The highest BCUT2D eigenvalue weighted by Gasteiger charge is 2.30. The number of aromatic nitrogens is 2. The van der Waals surface area contributed by atoms with Crippen molar-refractivity contribution in [2.24, 2.45) is 0 Å². The second-order valence-corrected chi connectivity index (χ2v) is 7.28. The SMILES string of the molecule is CCn1ccc(C(=O)N2CCOC(C(=O)NCc3ccc4c(c3)CCCO4)C2)n1. The number of aryl methyl sites for hydroxylation is 2. The second kappa shape index (κ2) is 8.65. The van der Waals surface area contributed by atoms with Crippen LogP contribution in [0.5, 0.6) is 5.75 Å². The summed E-state index contributed by atoms with van der Waals surface area (Å²) in [6.45, 7) is 4.85. The van der Waals surface area contributed by atoms with Crippen molar-refractivity contribution in [3.8, 4) is 5.75 Å². The van der Waals surface area contributed by atoms with Gasteiger partial charge in [-0.15, -0.1) is 0 Å². The van der Waals surface area contributed by atoms with Crippen molar-refractivity contribution in [2.45, 2.75) is 39.0 Å². The van der Waals surface area contributed by atoms with E-state index in [1.54, 1.807) is 21.8 Å². The van der Waals surface area contributed by atoms with Gasteiger partial charge in [0.05, 0.1) is 19.8 Å². The van der Waals surface area contributed by atoms with E-state index in [2.05, 4.69) is 16.5 Å². The molecule has 2 aliphatic rings. The smallest absolute Gasteiger partial charge is 0.274 e. The summed E-state index contributed by atoms with van der Waals surface area (Å²) in [6.07, 6.45) is 3.11. The number of amides is 2. The van der Waals surface area contributed by atoms with Crippen molar-refractivity contribution >= 4 is 11.8 Å². The molecule has 0 saturated carbocycles. The lowest BCUT2D eigenvalue weighted by Crippen LogP contribution is -2.51. The monoisotopic (exact) mass is 398 g/mol. The predicted octanol–water partition coefficient (Wildman–Crippen LogP) is 1.39. The van der Waals surface area contributed by atoms with E-state index in [4.69, 9.17) is 9.47 Å². The third-order valence-electron chi connectivity index (χ3n) is 5.27. The molecule has 1 aromatic carbocycles. The molecule has 8 heteroatoms. The average Bonchev–Trinajstić information content (AvgIpc) is 3.26. The van der Waals surface area contributed by atoms with Crippen LogP contribution in [0.15, 0.2) is 30.5 Å². The molecule has 0 bridgehead atoms. The predicted molar refractivity (Wildman–Crippen MR) is 106 cm³/mol. The molecule has 4 rings (SSSR count). The Kier molecular flexibility index (Phi) is 5.80. The van der Waals surface area contributed by atoms with Gasteiger partial charge < -0.3 is 19.7 Å². The Balaban J connectivity index is 1.33. The van der Waals surface area contributed by atoms with Gasteiger partial charge in [-0.2, -0.15) is 5.10 Å². The van der Waals surface area contributed by atoms with Gasteiger partial charge in [-0.3, -0.25) is 14.3 Å². The molecule has 154 valence electrons. The number of nitrogens with zero attached hydrogens (tertiary/aromatic N) is 3. The molecule has 0 aliphatic carbocycles. The highest BCUT2D eigenvalue weighted by atomic mass is 16.5. The van der Waals surface area contributed by atoms with Crippen molar-refractivity contribution in [1.29, 1.82) is 0 Å². The van der Waals surface area contributed by atoms with Gasteiger partial charge in [-0.25, -0.2) is 0 Å². The first kappa shape index (κ1) is 19.4. The van der Waals surface area contributed by atoms with Crippen LogP contribution in [-0.4, -0.2) is 58.9 Å². The molecule has 2 aromatic rings. The fraction of sp³-hybridized carbons (Fsp3) is 0.476. The van der Waals surface area contributed by atoms with Crippen LogP contribution in [-0.2, 0) is 29.0 Å². The van der Waals surface area contributed by atoms with Gasteiger partial charge in [0.1, 0.15) is 11.4 Å². The Morgan fingerprint density at radius 3 is 3.00 bits per heavy atom. The van der Waals surface area contributed by atoms with Crippen LogP contribution in [0.1, 0.15) is 35.0 Å². The number of ether oxygens (including phenoxy) is 2. The van der Waals surface area contributed by atoms with Crippen LogP contribution < -0.4 is 10.1 Å². The van der Waals surface area contributed by atoms with Crippen molar-refractivity contribution < 1.29 is 19.1 Å². The first-order valence-electron chi connectivity index (χ1n) is 10.1. The van der Waals surface area contributed by atoms with E-state index in [9.17, 15) is 9.59 Å². The van der Waals surface area contributed by atoms with E-state index < -0.39 is 6.10 Å². The topological polar surface area (TPSA) is 85.7 Å². The summed E-state index contributed by atoms with van der Waals surface area (Å²) in [7, 11) is 0. The molecule has 3 heterocycles. The van der Waals surface area contributed by atoms with E-state index in [1.807, 2.05) is 19.1 Å². The van der Waals surface area contributed by atoms with Gasteiger partial charge in [0.2, 0.25) is 0 Å². The number of morpholine rings is 1. The van der Waals surface area contributed by atoms with E-state index in [1.165, 1.54) is 5.56 Å². The molecule has 1 atom stereocenters. The fourth-order valence-electron chi connectivity index (χ4n) is 3.63. The van der Waals surface area contributed by atoms with Crippen LogP contribution in [0, 0.1) is 0 Å². The first-order valence-corrected chi connectivity index (χ1v) is 10.1. The van der Waals surface area contributed by atoms with Gasteiger partial charge in [-0.1, -0.05) is 12.1 Å². The summed E-state index contributed by atoms with van der Waals surface area (Å²) in [5, 5.41) is 7.18. The van der Waals surface area contributed by atoms with Crippen molar-refractivity contribution in [2.75, 3.05) is 26.3 Å². The van der Waals surface area contributed by atoms with E-state index in [0.29, 0.717) is 31.9 Å². The molecule has 1 fully saturated rings. The molecule has 8 nitrogen and oxygen atoms in total. The Labute approximate surface area is 169 Å². The van der Waals surface area contributed by atoms with E-state index in [0.717, 1.165) is 30.8 Å². The maximum absolute atomic E-state index is 12.7. The Hall–Kier alpha value is -2.87. The summed E-state index contributed by atoms with van der Waals surface area (Å²) < 4.78 is 12.9. The molecule has 2 amide bonds. The number of hydrogen-bond donors (Lipinski definition) is 1. The standard InChI is InChI=1S/C21H26N4O4/c1-2-25-8-7-17(23-25)21(27)24-9-11-29-19(14-24)20(26)22-13-15-5-6-18-16(12-15)4-3-10-28-18/h5-8,12,19H,2-4,9-11,13-14H2,1H3,(H,22,26). The zero-order valence-corrected chi connectivity index (χ0v) is 16.6. The lowest BCUT2D eigenvalue weighted by atomic mass is 10.0. The molecule has 1 saturated heterocycles. The van der Waals surface area contributed by atoms with Gasteiger partial charge in [0, 0.05) is 25.8 Å². The maximum Gasteiger partial charge on any atom is 0.274 e. The van der Waals surface area contributed by atoms with Crippen LogP contribution in [0.4, 0.5) is 0 Å². The molecule has 29 heavy (non-hydrogen) atoms. The van der Waals surface area contributed by atoms with Gasteiger partial charge >= 0.3 is 0 Å². The zero-order valence-electron chi connectivity index (χ0n) is 16.6. The second-order valence-electron chi connectivity index (χ2n) is 7.28. The van der Waals surface area contributed by atoms with Crippen LogP contribution in [0.25, 0.3) is 0 Å². The number of benzene rings is 1. The minimum absolute atomic E-state index is 0.173. The molecule has 0 radical (unpaired) electrons. The zero-order chi connectivity index (χ0) is 20.2. The first-order chi connectivity index (χ1) is 14.1. The summed E-state index contributed by atoms with van der Waals surface area (Å²) in [5.74, 6) is 0.546. The molecule has 2 aliphatic heterocycles. The molecular weight excluding hydrogens is 372 g/mol. The largest absolute Gasteiger partial charge is 0.493 e. The fourth-order valence-corrected chi connectivity index (χ4v) is 3.63. The summed E-state index contributed by atoms with van der Waals surface area (Å²) in [6, 6.07) is 7.71. The summed E-state index contributed by atoms with van der Waals surface area (Å²) in [5.41, 5.74) is 2.60. The average molecular weight is 398 g/mol. The lowest BCUT2D eigenvalue weighted by molar-refractivity contribution is -0.137. The third-order valence-corrected chi connectivity index (χ3v) is 5.27.